The number of benzene rings is 1. The summed E-state index contributed by atoms with van der Waals surface area (Å²) in [6.07, 6.45) is 3.32. The van der Waals surface area contributed by atoms with Crippen LogP contribution in [0.4, 0.5) is 5.13 Å². The first-order chi connectivity index (χ1) is 7.79. The average molecular weight is 252 g/mol. The van der Waals surface area contributed by atoms with Gasteiger partial charge in [0, 0.05) is 6.04 Å². The van der Waals surface area contributed by atoms with Crippen LogP contribution in [0.1, 0.15) is 13.3 Å². The van der Waals surface area contributed by atoms with Crippen LogP contribution in [0.15, 0.2) is 24.3 Å². The minimum atomic E-state index is 0.494. The lowest BCUT2D eigenvalue weighted by atomic mass is 10.3. The van der Waals surface area contributed by atoms with Crippen molar-refractivity contribution in [2.45, 2.75) is 19.4 Å². The number of anilines is 1. The molecule has 0 fully saturated rings. The molecule has 1 N–H and O–H groups in total. The second kappa shape index (κ2) is 5.55. The molecule has 86 valence electrons. The van der Waals surface area contributed by atoms with Crippen LogP contribution in [0.3, 0.4) is 0 Å². The van der Waals surface area contributed by atoms with Gasteiger partial charge in [-0.05, 0) is 37.5 Å². The van der Waals surface area contributed by atoms with Gasteiger partial charge < -0.3 is 5.32 Å². The van der Waals surface area contributed by atoms with Crippen LogP contribution in [0, 0.1) is 0 Å². The van der Waals surface area contributed by atoms with E-state index in [1.54, 1.807) is 11.3 Å². The number of aromatic nitrogens is 1. The van der Waals surface area contributed by atoms with E-state index in [2.05, 4.69) is 41.7 Å². The number of nitrogens with zero attached hydrogens (tertiary/aromatic N) is 1. The molecule has 0 aliphatic heterocycles. The van der Waals surface area contributed by atoms with Gasteiger partial charge in [-0.15, -0.1) is 0 Å². The summed E-state index contributed by atoms with van der Waals surface area (Å²) in [6, 6.07) is 8.76. The predicted molar refractivity (Wildman–Crippen MR) is 75.7 cm³/mol. The molecule has 4 heteroatoms. The lowest BCUT2D eigenvalue weighted by Crippen LogP contribution is -2.15. The minimum Gasteiger partial charge on any atom is -0.359 e. The molecule has 16 heavy (non-hydrogen) atoms. The summed E-state index contributed by atoms with van der Waals surface area (Å²) in [5.74, 6) is 1.19. The quantitative estimate of drug-likeness (QED) is 0.875. The van der Waals surface area contributed by atoms with Crippen LogP contribution in [-0.2, 0) is 0 Å². The third kappa shape index (κ3) is 2.89. The van der Waals surface area contributed by atoms with Crippen molar-refractivity contribution in [2.24, 2.45) is 0 Å². The van der Waals surface area contributed by atoms with E-state index in [1.165, 1.54) is 16.9 Å². The van der Waals surface area contributed by atoms with Crippen molar-refractivity contribution in [3.8, 4) is 0 Å². The van der Waals surface area contributed by atoms with Gasteiger partial charge in [0.15, 0.2) is 5.13 Å². The zero-order chi connectivity index (χ0) is 11.4. The molecular formula is C12H16N2S2. The van der Waals surface area contributed by atoms with Crippen molar-refractivity contribution in [1.29, 1.82) is 0 Å². The minimum absolute atomic E-state index is 0.494. The van der Waals surface area contributed by atoms with Gasteiger partial charge >= 0.3 is 0 Å². The van der Waals surface area contributed by atoms with E-state index in [0.29, 0.717) is 6.04 Å². The van der Waals surface area contributed by atoms with E-state index in [9.17, 15) is 0 Å². The molecule has 0 saturated carbocycles. The van der Waals surface area contributed by atoms with Crippen molar-refractivity contribution in [2.75, 3.05) is 17.3 Å². The molecule has 0 bridgehead atoms. The number of thiazole rings is 1. The first-order valence-electron chi connectivity index (χ1n) is 5.40. The second-order valence-corrected chi connectivity index (χ2v) is 5.83. The van der Waals surface area contributed by atoms with E-state index < -0.39 is 0 Å². The van der Waals surface area contributed by atoms with Crippen LogP contribution in [-0.4, -0.2) is 23.0 Å². The lowest BCUT2D eigenvalue weighted by Gasteiger charge is -2.11. The van der Waals surface area contributed by atoms with Crippen LogP contribution in [0.25, 0.3) is 10.2 Å². The predicted octanol–water partition coefficient (Wildman–Crippen LogP) is 3.85. The molecule has 1 unspecified atom stereocenters. The van der Waals surface area contributed by atoms with Crippen molar-refractivity contribution in [3.05, 3.63) is 24.3 Å². The van der Waals surface area contributed by atoms with E-state index in [0.717, 1.165) is 10.6 Å². The summed E-state index contributed by atoms with van der Waals surface area (Å²) in [6.45, 7) is 2.21. The fraction of sp³-hybridized carbons (Fsp3) is 0.417. The van der Waals surface area contributed by atoms with Gasteiger partial charge in [-0.25, -0.2) is 4.98 Å². The number of nitrogens with one attached hydrogen (secondary N) is 1. The molecule has 0 saturated heterocycles. The topological polar surface area (TPSA) is 24.9 Å². The molecule has 0 aliphatic rings. The Morgan fingerprint density at radius 1 is 1.44 bits per heavy atom. The SMILES string of the molecule is CSCCC(C)Nc1nc2ccccc2s1. The monoisotopic (exact) mass is 252 g/mol. The Morgan fingerprint density at radius 3 is 3.00 bits per heavy atom. The Balaban J connectivity index is 2.03. The molecule has 2 aromatic rings. The molecule has 1 atom stereocenters. The highest BCUT2D eigenvalue weighted by molar-refractivity contribution is 7.98. The molecule has 1 heterocycles. The zero-order valence-electron chi connectivity index (χ0n) is 9.56. The van der Waals surface area contributed by atoms with Gasteiger partial charge in [-0.2, -0.15) is 11.8 Å². The maximum absolute atomic E-state index is 4.56. The van der Waals surface area contributed by atoms with Crippen LogP contribution >= 0.6 is 23.1 Å². The molecular weight excluding hydrogens is 236 g/mol. The Bertz CT molecular complexity index is 420. The first kappa shape index (κ1) is 11.7. The van der Waals surface area contributed by atoms with Gasteiger partial charge in [0.1, 0.15) is 0 Å². The smallest absolute Gasteiger partial charge is 0.183 e. The van der Waals surface area contributed by atoms with E-state index in [-0.39, 0.29) is 0 Å². The van der Waals surface area contributed by atoms with E-state index in [1.807, 2.05) is 17.8 Å². The summed E-state index contributed by atoms with van der Waals surface area (Å²) in [7, 11) is 0. The number of thioether (sulfide) groups is 1. The van der Waals surface area contributed by atoms with Gasteiger partial charge in [0.05, 0.1) is 10.2 Å². The molecule has 1 aromatic heterocycles. The maximum Gasteiger partial charge on any atom is 0.183 e. The zero-order valence-corrected chi connectivity index (χ0v) is 11.2. The summed E-state index contributed by atoms with van der Waals surface area (Å²) in [4.78, 5) is 4.56. The van der Waals surface area contributed by atoms with E-state index in [4.69, 9.17) is 0 Å². The summed E-state index contributed by atoms with van der Waals surface area (Å²) in [5, 5.41) is 4.50. The third-order valence-electron chi connectivity index (χ3n) is 2.42. The van der Waals surface area contributed by atoms with Crippen LogP contribution < -0.4 is 5.32 Å². The first-order valence-corrected chi connectivity index (χ1v) is 7.61. The number of fused-ring (bicyclic) bond motifs is 1. The highest BCUT2D eigenvalue weighted by Crippen LogP contribution is 2.26. The normalized spacial score (nSPS) is 12.9. The molecule has 0 spiro atoms. The molecule has 2 rings (SSSR count). The van der Waals surface area contributed by atoms with Crippen LogP contribution in [0.5, 0.6) is 0 Å². The van der Waals surface area contributed by atoms with Crippen molar-refractivity contribution >= 4 is 38.4 Å². The van der Waals surface area contributed by atoms with Gasteiger partial charge in [-0.3, -0.25) is 0 Å². The molecule has 0 amide bonds. The number of para-hydroxylation sites is 1. The van der Waals surface area contributed by atoms with Crippen LogP contribution in [0.2, 0.25) is 0 Å². The summed E-state index contributed by atoms with van der Waals surface area (Å²) >= 11 is 3.62. The summed E-state index contributed by atoms with van der Waals surface area (Å²) in [5.41, 5.74) is 1.09. The Hall–Kier alpha value is -0.740. The van der Waals surface area contributed by atoms with Gasteiger partial charge in [0.25, 0.3) is 0 Å². The maximum atomic E-state index is 4.56. The standard InChI is InChI=1S/C12H16N2S2/c1-9(7-8-15-2)13-12-14-10-5-3-4-6-11(10)16-12/h3-6,9H,7-8H2,1-2H3,(H,13,14). The highest BCUT2D eigenvalue weighted by atomic mass is 32.2. The second-order valence-electron chi connectivity index (χ2n) is 3.81. The summed E-state index contributed by atoms with van der Waals surface area (Å²) < 4.78 is 1.25. The Kier molecular flexibility index (Phi) is 4.07. The van der Waals surface area contributed by atoms with Crippen molar-refractivity contribution < 1.29 is 0 Å². The Morgan fingerprint density at radius 2 is 2.25 bits per heavy atom. The van der Waals surface area contributed by atoms with Crippen molar-refractivity contribution in [1.82, 2.24) is 4.98 Å². The molecule has 0 aliphatic carbocycles. The van der Waals surface area contributed by atoms with Gasteiger partial charge in [-0.1, -0.05) is 23.5 Å². The van der Waals surface area contributed by atoms with Crippen molar-refractivity contribution in [3.63, 3.8) is 0 Å². The van der Waals surface area contributed by atoms with Gasteiger partial charge in [0.2, 0.25) is 0 Å². The molecule has 2 nitrogen and oxygen atoms in total. The average Bonchev–Trinajstić information content (AvgIpc) is 2.68. The fourth-order valence-corrected chi connectivity index (χ4v) is 3.08. The fourth-order valence-electron chi connectivity index (χ4n) is 1.51. The highest BCUT2D eigenvalue weighted by Gasteiger charge is 2.06. The molecule has 0 radical (unpaired) electrons. The lowest BCUT2D eigenvalue weighted by molar-refractivity contribution is 0.771. The largest absolute Gasteiger partial charge is 0.359 e. The number of rotatable bonds is 5. The molecule has 1 aromatic carbocycles. The third-order valence-corrected chi connectivity index (χ3v) is 4.03. The van der Waals surface area contributed by atoms with E-state index >= 15 is 0 Å². The number of hydrogen-bond acceptors (Lipinski definition) is 4. The number of hydrogen-bond donors (Lipinski definition) is 1. The Labute approximate surface area is 104 Å².